The number of amides is 1. The first-order valence-corrected chi connectivity index (χ1v) is 7.69. The largest absolute Gasteiger partial charge is 0.466 e. The fraction of sp³-hybridized carbons (Fsp3) is 0.444. The number of hydrogen-bond donors (Lipinski definition) is 2. The van der Waals surface area contributed by atoms with Crippen LogP contribution in [0.4, 0.5) is 4.79 Å². The van der Waals surface area contributed by atoms with Crippen LogP contribution in [-0.4, -0.2) is 42.0 Å². The summed E-state index contributed by atoms with van der Waals surface area (Å²) in [6.45, 7) is 5.27. The van der Waals surface area contributed by atoms with E-state index in [0.717, 1.165) is 11.6 Å². The molecule has 24 heavy (non-hydrogen) atoms. The quantitative estimate of drug-likeness (QED) is 0.615. The van der Waals surface area contributed by atoms with Gasteiger partial charge in [0.15, 0.2) is 0 Å². The number of rotatable bonds is 6. The van der Waals surface area contributed by atoms with Gasteiger partial charge in [-0.15, -0.1) is 0 Å². The van der Waals surface area contributed by atoms with Gasteiger partial charge in [-0.1, -0.05) is 30.3 Å². The van der Waals surface area contributed by atoms with E-state index in [4.69, 9.17) is 4.74 Å². The van der Waals surface area contributed by atoms with Crippen LogP contribution in [0.3, 0.4) is 0 Å². The summed E-state index contributed by atoms with van der Waals surface area (Å²) in [5.41, 5.74) is 0.290. The first kappa shape index (κ1) is 19.7. The number of nitrogens with one attached hydrogen (secondary N) is 1. The summed E-state index contributed by atoms with van der Waals surface area (Å²) in [7, 11) is 1.25. The van der Waals surface area contributed by atoms with Gasteiger partial charge >= 0.3 is 12.1 Å². The van der Waals surface area contributed by atoms with Crippen molar-refractivity contribution in [1.82, 2.24) is 5.32 Å². The van der Waals surface area contributed by atoms with E-state index in [1.807, 2.05) is 30.3 Å². The van der Waals surface area contributed by atoms with Crippen molar-refractivity contribution in [2.45, 2.75) is 44.9 Å². The molecule has 0 aliphatic carbocycles. The minimum atomic E-state index is -1.07. The van der Waals surface area contributed by atoms with Crippen LogP contribution >= 0.6 is 0 Å². The number of carbonyl (C=O) groups is 2. The topological polar surface area (TPSA) is 84.9 Å². The molecule has 0 aliphatic rings. The smallest absolute Gasteiger partial charge is 0.407 e. The monoisotopic (exact) mass is 335 g/mol. The highest BCUT2D eigenvalue weighted by molar-refractivity contribution is 5.81. The highest BCUT2D eigenvalue weighted by Crippen LogP contribution is 2.11. The van der Waals surface area contributed by atoms with E-state index in [2.05, 4.69) is 10.1 Å². The number of aliphatic hydroxyl groups is 1. The van der Waals surface area contributed by atoms with E-state index >= 15 is 0 Å². The van der Waals surface area contributed by atoms with Crippen LogP contribution in [0.25, 0.3) is 0 Å². The molecule has 2 atom stereocenters. The molecule has 1 aromatic rings. The second-order valence-electron chi connectivity index (χ2n) is 6.32. The van der Waals surface area contributed by atoms with Gasteiger partial charge < -0.3 is 19.9 Å². The lowest BCUT2D eigenvalue weighted by molar-refractivity contribution is -0.134. The van der Waals surface area contributed by atoms with Crippen LogP contribution in [-0.2, 0) is 20.7 Å². The fourth-order valence-corrected chi connectivity index (χ4v) is 1.96. The van der Waals surface area contributed by atoms with Gasteiger partial charge in [-0.05, 0) is 38.8 Å². The summed E-state index contributed by atoms with van der Waals surface area (Å²) in [4.78, 5) is 23.2. The fourth-order valence-electron chi connectivity index (χ4n) is 1.96. The van der Waals surface area contributed by atoms with Crippen molar-refractivity contribution in [3.8, 4) is 0 Å². The maximum Gasteiger partial charge on any atom is 0.407 e. The Bertz CT molecular complexity index is 563. The first-order chi connectivity index (χ1) is 11.2. The Morgan fingerprint density at radius 3 is 2.42 bits per heavy atom. The normalized spacial score (nSPS) is 14.0. The van der Waals surface area contributed by atoms with Gasteiger partial charge in [0.1, 0.15) is 5.60 Å². The van der Waals surface area contributed by atoms with E-state index in [0.29, 0.717) is 6.42 Å². The summed E-state index contributed by atoms with van der Waals surface area (Å²) in [5.74, 6) is -0.579. The summed E-state index contributed by atoms with van der Waals surface area (Å²) >= 11 is 0. The number of ether oxygens (including phenoxy) is 2. The van der Waals surface area contributed by atoms with E-state index in [1.54, 1.807) is 20.8 Å². The maximum absolute atomic E-state index is 12.0. The van der Waals surface area contributed by atoms with Gasteiger partial charge in [0.2, 0.25) is 0 Å². The minimum absolute atomic E-state index is 0.382. The third-order valence-electron chi connectivity index (χ3n) is 3.04. The molecular formula is C18H25NO5. The SMILES string of the molecule is COC(=O)C=C[C@@H](O)[C@H](Cc1ccccc1)NC(=O)OC(C)(C)C. The summed E-state index contributed by atoms with van der Waals surface area (Å²) < 4.78 is 9.72. The number of methoxy groups -OCH3 is 1. The zero-order chi connectivity index (χ0) is 18.2. The predicted molar refractivity (Wildman–Crippen MR) is 90.5 cm³/mol. The van der Waals surface area contributed by atoms with E-state index < -0.39 is 29.8 Å². The van der Waals surface area contributed by atoms with Crippen molar-refractivity contribution in [2.75, 3.05) is 7.11 Å². The van der Waals surface area contributed by atoms with Crippen LogP contribution in [0.1, 0.15) is 26.3 Å². The molecule has 1 amide bonds. The Hall–Kier alpha value is -2.34. The van der Waals surface area contributed by atoms with Crippen LogP contribution in [0, 0.1) is 0 Å². The molecule has 1 rings (SSSR count). The van der Waals surface area contributed by atoms with Gasteiger partial charge in [0.25, 0.3) is 0 Å². The minimum Gasteiger partial charge on any atom is -0.466 e. The average molecular weight is 335 g/mol. The molecule has 6 nitrogen and oxygen atoms in total. The summed E-state index contributed by atoms with van der Waals surface area (Å²) in [6, 6.07) is 8.75. The number of hydrogen-bond acceptors (Lipinski definition) is 5. The maximum atomic E-state index is 12.0. The highest BCUT2D eigenvalue weighted by Gasteiger charge is 2.23. The predicted octanol–water partition coefficient (Wildman–Crippen LogP) is 2.21. The molecule has 0 fully saturated rings. The van der Waals surface area contributed by atoms with Gasteiger partial charge in [0, 0.05) is 6.08 Å². The zero-order valence-electron chi connectivity index (χ0n) is 14.5. The second kappa shape index (κ2) is 9.08. The Labute approximate surface area is 142 Å². The standard InChI is InChI=1S/C18H25NO5/c1-18(2,3)24-17(22)19-14(12-13-8-6-5-7-9-13)15(20)10-11-16(21)23-4/h5-11,14-15,20H,12H2,1-4H3,(H,19,22)/t14-,15+/m0/s1. The molecule has 0 spiro atoms. The summed E-state index contributed by atoms with van der Waals surface area (Å²) in [5, 5.41) is 12.9. The lowest BCUT2D eigenvalue weighted by Gasteiger charge is -2.25. The molecule has 0 bridgehead atoms. The molecule has 0 heterocycles. The average Bonchev–Trinajstić information content (AvgIpc) is 2.50. The number of alkyl carbamates (subject to hydrolysis) is 1. The molecule has 0 aromatic heterocycles. The number of esters is 1. The van der Waals surface area contributed by atoms with Gasteiger partial charge in [-0.3, -0.25) is 0 Å². The molecule has 0 unspecified atom stereocenters. The van der Waals surface area contributed by atoms with Crippen molar-refractivity contribution in [2.24, 2.45) is 0 Å². The molecule has 0 saturated carbocycles. The Morgan fingerprint density at radius 1 is 1.25 bits per heavy atom. The first-order valence-electron chi connectivity index (χ1n) is 7.69. The van der Waals surface area contributed by atoms with Crippen molar-refractivity contribution in [3.63, 3.8) is 0 Å². The molecule has 132 valence electrons. The van der Waals surface area contributed by atoms with E-state index in [1.165, 1.54) is 13.2 Å². The van der Waals surface area contributed by atoms with Crippen molar-refractivity contribution in [3.05, 3.63) is 48.0 Å². The lowest BCUT2D eigenvalue weighted by Crippen LogP contribution is -2.46. The highest BCUT2D eigenvalue weighted by atomic mass is 16.6. The Morgan fingerprint density at radius 2 is 1.88 bits per heavy atom. The lowest BCUT2D eigenvalue weighted by atomic mass is 10.0. The molecule has 0 radical (unpaired) electrons. The van der Waals surface area contributed by atoms with Crippen molar-refractivity contribution in [1.29, 1.82) is 0 Å². The Balaban J connectivity index is 2.84. The third-order valence-corrected chi connectivity index (χ3v) is 3.04. The molecule has 6 heteroatoms. The second-order valence-corrected chi connectivity index (χ2v) is 6.32. The summed E-state index contributed by atoms with van der Waals surface area (Å²) in [6.07, 6.45) is 1.09. The molecular weight excluding hydrogens is 310 g/mol. The van der Waals surface area contributed by atoms with E-state index in [-0.39, 0.29) is 0 Å². The van der Waals surface area contributed by atoms with Crippen LogP contribution in [0.5, 0.6) is 0 Å². The van der Waals surface area contributed by atoms with Gasteiger partial charge in [-0.2, -0.15) is 0 Å². The molecule has 0 aliphatic heterocycles. The van der Waals surface area contributed by atoms with Gasteiger partial charge in [-0.25, -0.2) is 9.59 Å². The van der Waals surface area contributed by atoms with E-state index in [9.17, 15) is 14.7 Å². The zero-order valence-corrected chi connectivity index (χ0v) is 14.5. The van der Waals surface area contributed by atoms with Crippen molar-refractivity contribution < 1.29 is 24.2 Å². The van der Waals surface area contributed by atoms with Crippen LogP contribution in [0.15, 0.2) is 42.5 Å². The Kier molecular flexibility index (Phi) is 7.45. The number of carbonyl (C=O) groups excluding carboxylic acids is 2. The van der Waals surface area contributed by atoms with Crippen LogP contribution in [0.2, 0.25) is 0 Å². The van der Waals surface area contributed by atoms with Crippen LogP contribution < -0.4 is 5.32 Å². The number of aliphatic hydroxyl groups excluding tert-OH is 1. The van der Waals surface area contributed by atoms with Gasteiger partial charge in [0.05, 0.1) is 19.3 Å². The number of benzene rings is 1. The van der Waals surface area contributed by atoms with Crippen molar-refractivity contribution >= 4 is 12.1 Å². The molecule has 0 saturated heterocycles. The third kappa shape index (κ3) is 7.78. The molecule has 1 aromatic carbocycles. The molecule has 2 N–H and O–H groups in total.